The third kappa shape index (κ3) is 5.47. The molecule has 0 amide bonds. The lowest BCUT2D eigenvalue weighted by atomic mass is 9.90. The van der Waals surface area contributed by atoms with Crippen molar-refractivity contribution in [1.82, 2.24) is 4.98 Å². The maximum Gasteiger partial charge on any atom is 0.232 e. The highest BCUT2D eigenvalue weighted by Crippen LogP contribution is 2.27. The molecule has 1 aliphatic rings. The number of aromatic nitrogens is 1. The van der Waals surface area contributed by atoms with Crippen LogP contribution in [-0.2, 0) is 12.8 Å². The first-order valence-corrected chi connectivity index (χ1v) is 8.53. The summed E-state index contributed by atoms with van der Waals surface area (Å²) in [7, 11) is 0. The highest BCUT2D eigenvalue weighted by molar-refractivity contribution is 14.0. The number of pyridine rings is 1. The zero-order valence-electron chi connectivity index (χ0n) is 13.9. The number of benzene rings is 1. The molecule has 0 saturated heterocycles. The Morgan fingerprint density at radius 2 is 2.08 bits per heavy atom. The minimum atomic E-state index is 0. The van der Waals surface area contributed by atoms with E-state index in [2.05, 4.69) is 33.5 Å². The highest BCUT2D eigenvalue weighted by atomic mass is 127. The summed E-state index contributed by atoms with van der Waals surface area (Å²) in [6.07, 6.45) is 6.35. The molecule has 0 aliphatic heterocycles. The lowest BCUT2D eigenvalue weighted by Gasteiger charge is -2.19. The number of hydrogen-bond acceptors (Lipinski definition) is 3. The van der Waals surface area contributed by atoms with E-state index in [0.717, 1.165) is 18.5 Å². The Bertz CT molecular complexity index is 739. The molecule has 134 valence electrons. The van der Waals surface area contributed by atoms with Crippen LogP contribution < -0.4 is 15.8 Å². The fraction of sp³-hybridized carbons (Fsp3) is 0.333. The summed E-state index contributed by atoms with van der Waals surface area (Å²) in [5, 5.41) is 3.70. The van der Waals surface area contributed by atoms with Gasteiger partial charge in [0.1, 0.15) is 11.6 Å². The topological polar surface area (TPSA) is 72.5 Å². The zero-order chi connectivity index (χ0) is 16.8. The fourth-order valence-corrected chi connectivity index (χ4v) is 3.04. The van der Waals surface area contributed by atoms with Gasteiger partial charge in [0.2, 0.25) is 5.88 Å². The van der Waals surface area contributed by atoms with E-state index in [0.29, 0.717) is 30.0 Å². The van der Waals surface area contributed by atoms with Crippen molar-refractivity contribution in [2.24, 2.45) is 10.7 Å². The van der Waals surface area contributed by atoms with Gasteiger partial charge in [0.05, 0.1) is 6.54 Å². The molecular weight excluding hydrogens is 451 g/mol. The van der Waals surface area contributed by atoms with E-state index in [4.69, 9.17) is 22.1 Å². The Labute approximate surface area is 170 Å². The summed E-state index contributed by atoms with van der Waals surface area (Å²) < 4.78 is 5.49. The first kappa shape index (κ1) is 19.8. The van der Waals surface area contributed by atoms with Gasteiger partial charge in [0.15, 0.2) is 5.96 Å². The lowest BCUT2D eigenvalue weighted by molar-refractivity contribution is 0.316. The molecule has 0 bridgehead atoms. The van der Waals surface area contributed by atoms with E-state index in [9.17, 15) is 0 Å². The number of aliphatic imine (C=N–C) groups is 1. The quantitative estimate of drug-likeness (QED) is 0.298. The van der Waals surface area contributed by atoms with Gasteiger partial charge < -0.3 is 15.8 Å². The molecule has 1 aliphatic carbocycles. The Morgan fingerprint density at radius 1 is 1.24 bits per heavy atom. The third-order valence-electron chi connectivity index (χ3n) is 4.00. The Hall–Kier alpha value is -1.54. The fourth-order valence-electron chi connectivity index (χ4n) is 2.86. The predicted octanol–water partition coefficient (Wildman–Crippen LogP) is 4.04. The molecule has 3 rings (SSSR count). The van der Waals surface area contributed by atoms with Crippen LogP contribution in [0.3, 0.4) is 0 Å². The molecule has 3 N–H and O–H groups in total. The first-order valence-electron chi connectivity index (χ1n) is 8.15. The van der Waals surface area contributed by atoms with Crippen LogP contribution >= 0.6 is 35.6 Å². The Kier molecular flexibility index (Phi) is 7.77. The number of rotatable bonds is 5. The number of nitrogens with one attached hydrogen (secondary N) is 1. The van der Waals surface area contributed by atoms with Crippen molar-refractivity contribution < 1.29 is 4.74 Å². The summed E-state index contributed by atoms with van der Waals surface area (Å²) in [6, 6.07) is 9.80. The number of guanidine groups is 1. The number of halogens is 2. The average Bonchev–Trinajstić information content (AvgIpc) is 2.60. The zero-order valence-corrected chi connectivity index (χ0v) is 17.0. The second kappa shape index (κ2) is 9.82. The van der Waals surface area contributed by atoms with Gasteiger partial charge in [-0.25, -0.2) is 9.98 Å². The molecule has 1 aromatic carbocycles. The standard InChI is InChI=1S/C18H21ClN4O.HI/c19-15-8-4-10-21-17(15)24-12-11-22-18(20)23-16-9-3-6-13-5-1-2-7-14(13)16;/h3-4,6,8-10H,1-2,5,7,11-12H2,(H3,20,22,23);1H. The van der Waals surface area contributed by atoms with Crippen molar-refractivity contribution in [2.75, 3.05) is 18.5 Å². The minimum absolute atomic E-state index is 0. The second-order valence-electron chi connectivity index (χ2n) is 5.68. The van der Waals surface area contributed by atoms with Gasteiger partial charge in [0, 0.05) is 11.9 Å². The largest absolute Gasteiger partial charge is 0.475 e. The Balaban J connectivity index is 0.00000225. The van der Waals surface area contributed by atoms with E-state index in [1.54, 1.807) is 18.3 Å². The summed E-state index contributed by atoms with van der Waals surface area (Å²) in [5.41, 5.74) is 9.82. The predicted molar refractivity (Wildman–Crippen MR) is 113 cm³/mol. The van der Waals surface area contributed by atoms with E-state index in [1.165, 1.54) is 24.0 Å². The van der Waals surface area contributed by atoms with Crippen LogP contribution in [0.15, 0.2) is 41.5 Å². The molecule has 5 nitrogen and oxygen atoms in total. The first-order chi connectivity index (χ1) is 11.7. The Morgan fingerprint density at radius 3 is 2.92 bits per heavy atom. The average molecular weight is 473 g/mol. The summed E-state index contributed by atoms with van der Waals surface area (Å²) >= 11 is 5.98. The van der Waals surface area contributed by atoms with Crippen LogP contribution in [0.1, 0.15) is 24.0 Å². The molecule has 0 fully saturated rings. The molecular formula is C18H22ClIN4O. The van der Waals surface area contributed by atoms with Crippen LogP contribution in [0.4, 0.5) is 5.69 Å². The molecule has 0 saturated carbocycles. The van der Waals surface area contributed by atoms with E-state index >= 15 is 0 Å². The van der Waals surface area contributed by atoms with Crippen LogP contribution in [0.2, 0.25) is 5.02 Å². The maximum atomic E-state index is 5.99. The van der Waals surface area contributed by atoms with Crippen molar-refractivity contribution in [2.45, 2.75) is 25.7 Å². The number of hydrogen-bond donors (Lipinski definition) is 2. The number of ether oxygens (including phenoxy) is 1. The third-order valence-corrected chi connectivity index (χ3v) is 4.28. The molecule has 7 heteroatoms. The molecule has 1 aromatic heterocycles. The smallest absolute Gasteiger partial charge is 0.232 e. The highest BCUT2D eigenvalue weighted by Gasteiger charge is 2.13. The van der Waals surface area contributed by atoms with Gasteiger partial charge in [-0.15, -0.1) is 24.0 Å². The number of fused-ring (bicyclic) bond motifs is 1. The van der Waals surface area contributed by atoms with Gasteiger partial charge in [-0.1, -0.05) is 23.7 Å². The molecule has 1 heterocycles. The van der Waals surface area contributed by atoms with Crippen molar-refractivity contribution >= 4 is 47.2 Å². The lowest BCUT2D eigenvalue weighted by Crippen LogP contribution is -2.25. The molecule has 2 aromatic rings. The number of nitrogens with two attached hydrogens (primary N) is 1. The van der Waals surface area contributed by atoms with Crippen LogP contribution in [0.25, 0.3) is 0 Å². The minimum Gasteiger partial charge on any atom is -0.475 e. The van der Waals surface area contributed by atoms with Crippen LogP contribution in [0, 0.1) is 0 Å². The van der Waals surface area contributed by atoms with Crippen molar-refractivity contribution in [1.29, 1.82) is 0 Å². The normalized spacial score (nSPS) is 13.6. The maximum absolute atomic E-state index is 5.99. The monoisotopic (exact) mass is 472 g/mol. The van der Waals surface area contributed by atoms with Crippen LogP contribution in [0.5, 0.6) is 5.88 Å². The molecule has 25 heavy (non-hydrogen) atoms. The second-order valence-corrected chi connectivity index (χ2v) is 6.09. The van der Waals surface area contributed by atoms with Gasteiger partial charge in [-0.3, -0.25) is 0 Å². The van der Waals surface area contributed by atoms with Crippen molar-refractivity contribution in [3.63, 3.8) is 0 Å². The summed E-state index contributed by atoms with van der Waals surface area (Å²) in [5.74, 6) is 0.808. The van der Waals surface area contributed by atoms with Gasteiger partial charge in [0.25, 0.3) is 0 Å². The van der Waals surface area contributed by atoms with E-state index in [-0.39, 0.29) is 24.0 Å². The van der Waals surface area contributed by atoms with Crippen molar-refractivity contribution in [3.8, 4) is 5.88 Å². The molecule has 0 unspecified atom stereocenters. The number of nitrogens with zero attached hydrogens (tertiary/aromatic N) is 2. The van der Waals surface area contributed by atoms with Gasteiger partial charge in [-0.05, 0) is 55.0 Å². The number of aryl methyl sites for hydroxylation is 1. The van der Waals surface area contributed by atoms with Crippen molar-refractivity contribution in [3.05, 3.63) is 52.7 Å². The van der Waals surface area contributed by atoms with E-state index in [1.807, 2.05) is 0 Å². The molecule has 0 atom stereocenters. The SMILES string of the molecule is I.NC(=NCCOc1ncccc1Cl)Nc1cccc2c1CCCC2. The van der Waals surface area contributed by atoms with Gasteiger partial charge in [-0.2, -0.15) is 0 Å². The summed E-state index contributed by atoms with van der Waals surface area (Å²) in [4.78, 5) is 8.36. The molecule has 0 spiro atoms. The van der Waals surface area contributed by atoms with E-state index < -0.39 is 0 Å². The van der Waals surface area contributed by atoms with Gasteiger partial charge >= 0.3 is 0 Å². The number of anilines is 1. The van der Waals surface area contributed by atoms with Crippen LogP contribution in [-0.4, -0.2) is 24.1 Å². The molecule has 0 radical (unpaired) electrons. The summed E-state index contributed by atoms with van der Waals surface area (Å²) in [6.45, 7) is 0.798.